The number of anilines is 1. The van der Waals surface area contributed by atoms with Crippen molar-refractivity contribution in [2.45, 2.75) is 6.42 Å². The summed E-state index contributed by atoms with van der Waals surface area (Å²) >= 11 is 0. The number of nitrogens with one attached hydrogen (secondary N) is 1. The fourth-order valence-electron chi connectivity index (χ4n) is 4.13. The lowest BCUT2D eigenvalue weighted by atomic mass is 9.98. The number of furan rings is 1. The Bertz CT molecular complexity index is 1650. The first-order valence-corrected chi connectivity index (χ1v) is 11.0. The highest BCUT2D eigenvalue weighted by Gasteiger charge is 2.24. The van der Waals surface area contributed by atoms with Crippen LogP contribution in [-0.2, 0) is 18.3 Å². The molecule has 0 bridgehead atoms. The monoisotopic (exact) mass is 460 g/mol. The summed E-state index contributed by atoms with van der Waals surface area (Å²) in [6, 6.07) is 28.1. The van der Waals surface area contributed by atoms with Crippen molar-refractivity contribution in [3.8, 4) is 28.5 Å². The summed E-state index contributed by atoms with van der Waals surface area (Å²) in [7, 11) is 1.55. The minimum atomic E-state index is -0.411. The number of hydrogen-bond acceptors (Lipinski definition) is 5. The van der Waals surface area contributed by atoms with Gasteiger partial charge in [0.2, 0.25) is 11.8 Å². The second kappa shape index (κ2) is 9.12. The molecule has 1 N–H and O–H groups in total. The third-order valence-corrected chi connectivity index (χ3v) is 5.73. The van der Waals surface area contributed by atoms with E-state index in [1.54, 1.807) is 31.3 Å². The SMILES string of the molecule is Cn1nc(CC(=O)Nc2oc(-c3ccccc3)c(-c3ccccc3)c2C#N)c2ccccc2c1=O. The first kappa shape index (κ1) is 21.9. The highest BCUT2D eigenvalue weighted by molar-refractivity contribution is 5.98. The van der Waals surface area contributed by atoms with Crippen LogP contribution in [0, 0.1) is 11.3 Å². The number of nitrogens with zero attached hydrogens (tertiary/aromatic N) is 3. The zero-order valence-electron chi connectivity index (χ0n) is 18.9. The van der Waals surface area contributed by atoms with Gasteiger partial charge in [-0.3, -0.25) is 14.9 Å². The molecule has 0 aliphatic heterocycles. The third kappa shape index (κ3) is 4.09. The summed E-state index contributed by atoms with van der Waals surface area (Å²) in [5.41, 5.74) is 2.66. The predicted molar refractivity (Wildman–Crippen MR) is 134 cm³/mol. The maximum Gasteiger partial charge on any atom is 0.274 e. The maximum absolute atomic E-state index is 13.1. The number of carbonyl (C=O) groups is 1. The van der Waals surface area contributed by atoms with Gasteiger partial charge in [0.15, 0.2) is 0 Å². The van der Waals surface area contributed by atoms with E-state index in [4.69, 9.17) is 4.42 Å². The number of amides is 1. The van der Waals surface area contributed by atoms with Crippen LogP contribution in [0.1, 0.15) is 11.3 Å². The van der Waals surface area contributed by atoms with E-state index in [2.05, 4.69) is 16.5 Å². The van der Waals surface area contributed by atoms with Crippen molar-refractivity contribution >= 4 is 22.6 Å². The third-order valence-electron chi connectivity index (χ3n) is 5.73. The van der Waals surface area contributed by atoms with E-state index in [1.807, 2.05) is 60.7 Å². The Morgan fingerprint density at radius 3 is 2.20 bits per heavy atom. The minimum absolute atomic E-state index is 0.0735. The molecule has 3 aromatic carbocycles. The molecule has 5 rings (SSSR count). The van der Waals surface area contributed by atoms with E-state index >= 15 is 0 Å². The summed E-state index contributed by atoms with van der Waals surface area (Å²) in [5.74, 6) is 0.157. The number of carbonyl (C=O) groups excluding carboxylic acids is 1. The molecule has 0 unspecified atom stereocenters. The van der Waals surface area contributed by atoms with Crippen LogP contribution < -0.4 is 10.9 Å². The largest absolute Gasteiger partial charge is 0.438 e. The van der Waals surface area contributed by atoms with Gasteiger partial charge in [-0.05, 0) is 11.6 Å². The zero-order valence-corrected chi connectivity index (χ0v) is 18.9. The molecule has 0 radical (unpaired) electrons. The molecule has 7 heteroatoms. The van der Waals surface area contributed by atoms with Crippen LogP contribution in [0.25, 0.3) is 33.2 Å². The molecule has 2 aromatic heterocycles. The Labute approximate surface area is 200 Å². The van der Waals surface area contributed by atoms with Gasteiger partial charge in [-0.2, -0.15) is 10.4 Å². The summed E-state index contributed by atoms with van der Waals surface area (Å²) in [6.45, 7) is 0. The molecule has 0 saturated carbocycles. The highest BCUT2D eigenvalue weighted by atomic mass is 16.4. The Morgan fingerprint density at radius 2 is 1.54 bits per heavy atom. The van der Waals surface area contributed by atoms with Gasteiger partial charge in [-0.1, -0.05) is 78.9 Å². The molecule has 2 heterocycles. The molecule has 1 amide bonds. The Hall–Kier alpha value is -4.96. The van der Waals surface area contributed by atoms with Crippen molar-refractivity contribution in [3.05, 3.63) is 107 Å². The van der Waals surface area contributed by atoms with Crippen molar-refractivity contribution in [1.29, 1.82) is 5.26 Å². The van der Waals surface area contributed by atoms with E-state index in [9.17, 15) is 14.9 Å². The number of benzene rings is 3. The summed E-state index contributed by atoms with van der Waals surface area (Å²) in [4.78, 5) is 25.5. The van der Waals surface area contributed by atoms with Gasteiger partial charge in [0.1, 0.15) is 17.4 Å². The number of rotatable bonds is 5. The van der Waals surface area contributed by atoms with Crippen LogP contribution in [-0.4, -0.2) is 15.7 Å². The molecule has 0 spiro atoms. The fraction of sp³-hybridized carbons (Fsp3) is 0.0714. The van der Waals surface area contributed by atoms with Gasteiger partial charge in [-0.15, -0.1) is 0 Å². The van der Waals surface area contributed by atoms with Crippen LogP contribution in [0.15, 0.2) is 94.1 Å². The van der Waals surface area contributed by atoms with E-state index in [0.717, 1.165) is 11.1 Å². The molecule has 0 saturated heterocycles. The smallest absolute Gasteiger partial charge is 0.274 e. The molecule has 0 aliphatic carbocycles. The van der Waals surface area contributed by atoms with Crippen LogP contribution in [0.2, 0.25) is 0 Å². The molecule has 35 heavy (non-hydrogen) atoms. The Balaban J connectivity index is 1.55. The van der Waals surface area contributed by atoms with Gasteiger partial charge >= 0.3 is 0 Å². The van der Waals surface area contributed by atoms with Gasteiger partial charge in [-0.25, -0.2) is 4.68 Å². The minimum Gasteiger partial charge on any atom is -0.438 e. The van der Waals surface area contributed by atoms with E-state index in [0.29, 0.717) is 27.8 Å². The average molecular weight is 460 g/mol. The van der Waals surface area contributed by atoms with E-state index < -0.39 is 5.91 Å². The molecule has 5 aromatic rings. The second-order valence-electron chi connectivity index (χ2n) is 8.00. The van der Waals surface area contributed by atoms with Crippen molar-refractivity contribution in [3.63, 3.8) is 0 Å². The van der Waals surface area contributed by atoms with Crippen molar-refractivity contribution in [1.82, 2.24) is 9.78 Å². The lowest BCUT2D eigenvalue weighted by Gasteiger charge is -2.08. The number of aryl methyl sites for hydroxylation is 1. The summed E-state index contributed by atoms with van der Waals surface area (Å²) < 4.78 is 7.31. The van der Waals surface area contributed by atoms with E-state index in [1.165, 1.54) is 4.68 Å². The molecule has 0 fully saturated rings. The Morgan fingerprint density at radius 1 is 0.943 bits per heavy atom. The normalized spacial score (nSPS) is 10.7. The molecule has 0 atom stereocenters. The molecular formula is C28H20N4O3. The maximum atomic E-state index is 13.1. The molecular weight excluding hydrogens is 440 g/mol. The number of aromatic nitrogens is 2. The standard InChI is InChI=1S/C28H20N4O3/c1-32-28(34)21-15-9-8-14-20(21)23(31-32)16-24(33)30-27-22(17-29)25(18-10-4-2-5-11-18)26(35-27)19-12-6-3-7-13-19/h2-15H,16H2,1H3,(H,30,33). The van der Waals surface area contributed by atoms with Crippen LogP contribution >= 0.6 is 0 Å². The molecule has 0 aliphatic rings. The number of nitriles is 1. The van der Waals surface area contributed by atoms with Crippen molar-refractivity contribution in [2.24, 2.45) is 7.05 Å². The zero-order chi connectivity index (χ0) is 24.4. The highest BCUT2D eigenvalue weighted by Crippen LogP contribution is 2.41. The molecule has 7 nitrogen and oxygen atoms in total. The van der Waals surface area contributed by atoms with E-state index in [-0.39, 0.29) is 23.4 Å². The topological polar surface area (TPSA) is 101 Å². The van der Waals surface area contributed by atoms with Crippen LogP contribution in [0.4, 0.5) is 5.88 Å². The Kier molecular flexibility index (Phi) is 5.70. The lowest BCUT2D eigenvalue weighted by molar-refractivity contribution is -0.115. The van der Waals surface area contributed by atoms with Gasteiger partial charge < -0.3 is 4.42 Å². The quantitative estimate of drug-likeness (QED) is 0.401. The van der Waals surface area contributed by atoms with Crippen LogP contribution in [0.5, 0.6) is 0 Å². The van der Waals surface area contributed by atoms with Gasteiger partial charge in [0, 0.05) is 23.6 Å². The van der Waals surface area contributed by atoms with Crippen LogP contribution in [0.3, 0.4) is 0 Å². The number of fused-ring (bicyclic) bond motifs is 1. The van der Waals surface area contributed by atoms with Gasteiger partial charge in [0.05, 0.1) is 17.5 Å². The first-order valence-electron chi connectivity index (χ1n) is 11.0. The summed E-state index contributed by atoms with van der Waals surface area (Å²) in [6.07, 6.45) is -0.0957. The lowest BCUT2D eigenvalue weighted by Crippen LogP contribution is -2.24. The average Bonchev–Trinajstić information content (AvgIpc) is 3.26. The van der Waals surface area contributed by atoms with Gasteiger partial charge in [0.25, 0.3) is 5.56 Å². The summed E-state index contributed by atoms with van der Waals surface area (Å²) in [5, 5.41) is 18.2. The first-order chi connectivity index (χ1) is 17.1. The second-order valence-corrected chi connectivity index (χ2v) is 8.00. The number of hydrogen-bond donors (Lipinski definition) is 1. The van der Waals surface area contributed by atoms with Crippen molar-refractivity contribution in [2.75, 3.05) is 5.32 Å². The predicted octanol–water partition coefficient (Wildman–Crippen LogP) is 4.91. The fourth-order valence-corrected chi connectivity index (χ4v) is 4.13. The molecule has 170 valence electrons. The van der Waals surface area contributed by atoms with Crippen molar-refractivity contribution < 1.29 is 9.21 Å².